The molecule has 2 aromatic carbocycles. The van der Waals surface area contributed by atoms with Crippen molar-refractivity contribution in [3.8, 4) is 0 Å². The SMILES string of the molecule is C[C@@H]1CCCN(c2ccc([C@@H](C)NC(=S)Nc3ccc(Br)c(Cl)c3)cc2)C1. The molecule has 1 heterocycles. The Morgan fingerprint density at radius 1 is 1.26 bits per heavy atom. The Hall–Kier alpha value is -1.30. The average molecular weight is 467 g/mol. The van der Waals surface area contributed by atoms with Crippen LogP contribution in [0, 0.1) is 5.92 Å². The number of hydrogen-bond donors (Lipinski definition) is 2. The summed E-state index contributed by atoms with van der Waals surface area (Å²) in [7, 11) is 0. The first-order chi connectivity index (χ1) is 12.9. The molecule has 1 saturated heterocycles. The number of thiocarbonyl (C=S) groups is 1. The van der Waals surface area contributed by atoms with E-state index in [1.165, 1.54) is 24.1 Å². The van der Waals surface area contributed by atoms with Gasteiger partial charge in [0.2, 0.25) is 0 Å². The van der Waals surface area contributed by atoms with Crippen molar-refractivity contribution in [1.29, 1.82) is 0 Å². The van der Waals surface area contributed by atoms with Gasteiger partial charge >= 0.3 is 0 Å². The molecule has 144 valence electrons. The fourth-order valence-corrected chi connectivity index (χ4v) is 4.14. The molecule has 0 saturated carbocycles. The van der Waals surface area contributed by atoms with E-state index in [9.17, 15) is 0 Å². The fourth-order valence-electron chi connectivity index (χ4n) is 3.42. The molecule has 0 radical (unpaired) electrons. The van der Waals surface area contributed by atoms with Crippen molar-refractivity contribution in [2.75, 3.05) is 23.3 Å². The van der Waals surface area contributed by atoms with Gasteiger partial charge in [-0.25, -0.2) is 0 Å². The number of halogens is 2. The quantitative estimate of drug-likeness (QED) is 0.511. The van der Waals surface area contributed by atoms with E-state index in [1.807, 2.05) is 18.2 Å². The van der Waals surface area contributed by atoms with Gasteiger partial charge in [0.1, 0.15) is 0 Å². The van der Waals surface area contributed by atoms with Crippen LogP contribution in [0.2, 0.25) is 5.02 Å². The van der Waals surface area contributed by atoms with Gasteiger partial charge in [-0.1, -0.05) is 30.7 Å². The molecule has 2 aromatic rings. The average Bonchev–Trinajstić information content (AvgIpc) is 2.65. The zero-order valence-electron chi connectivity index (χ0n) is 15.6. The topological polar surface area (TPSA) is 27.3 Å². The number of nitrogens with one attached hydrogen (secondary N) is 2. The molecular weight excluding hydrogens is 442 g/mol. The third-order valence-corrected chi connectivity index (χ3v) is 6.39. The first-order valence-electron chi connectivity index (χ1n) is 9.30. The number of piperidine rings is 1. The van der Waals surface area contributed by atoms with E-state index in [0.717, 1.165) is 29.2 Å². The molecule has 3 nitrogen and oxygen atoms in total. The summed E-state index contributed by atoms with van der Waals surface area (Å²) in [4.78, 5) is 2.49. The molecule has 0 unspecified atom stereocenters. The lowest BCUT2D eigenvalue weighted by atomic mass is 9.99. The van der Waals surface area contributed by atoms with Gasteiger partial charge in [0.25, 0.3) is 0 Å². The minimum atomic E-state index is 0.116. The Balaban J connectivity index is 1.57. The molecule has 1 fully saturated rings. The molecule has 0 aliphatic carbocycles. The Labute approximate surface area is 180 Å². The predicted octanol–water partition coefficient (Wildman–Crippen LogP) is 6.39. The van der Waals surface area contributed by atoms with E-state index >= 15 is 0 Å². The van der Waals surface area contributed by atoms with Crippen molar-refractivity contribution in [3.63, 3.8) is 0 Å². The Kier molecular flexibility index (Phi) is 7.01. The van der Waals surface area contributed by atoms with Crippen molar-refractivity contribution in [1.82, 2.24) is 5.32 Å². The van der Waals surface area contributed by atoms with Crippen LogP contribution in [0.1, 0.15) is 38.3 Å². The first kappa shape index (κ1) is 20.4. The van der Waals surface area contributed by atoms with Crippen LogP contribution >= 0.6 is 39.7 Å². The number of rotatable bonds is 4. The van der Waals surface area contributed by atoms with E-state index in [0.29, 0.717) is 10.1 Å². The van der Waals surface area contributed by atoms with Crippen LogP contribution in [0.4, 0.5) is 11.4 Å². The van der Waals surface area contributed by atoms with Gasteiger partial charge in [-0.3, -0.25) is 0 Å². The van der Waals surface area contributed by atoms with Crippen LogP contribution in [-0.4, -0.2) is 18.2 Å². The lowest BCUT2D eigenvalue weighted by Gasteiger charge is -2.33. The maximum atomic E-state index is 6.13. The Morgan fingerprint density at radius 2 is 2.00 bits per heavy atom. The third-order valence-electron chi connectivity index (χ3n) is 4.94. The van der Waals surface area contributed by atoms with Gasteiger partial charge in [-0.15, -0.1) is 0 Å². The highest BCUT2D eigenvalue weighted by atomic mass is 79.9. The van der Waals surface area contributed by atoms with Crippen molar-refractivity contribution in [2.24, 2.45) is 5.92 Å². The van der Waals surface area contributed by atoms with Crippen LogP contribution in [0.3, 0.4) is 0 Å². The number of benzene rings is 2. The van der Waals surface area contributed by atoms with Crippen molar-refractivity contribution in [2.45, 2.75) is 32.7 Å². The molecule has 1 aliphatic rings. The maximum absolute atomic E-state index is 6.13. The summed E-state index contributed by atoms with van der Waals surface area (Å²) in [6.45, 7) is 6.75. The standard InChI is InChI=1S/C21H25BrClN3S/c1-14-4-3-11-26(13-14)18-8-5-16(6-9-18)15(2)24-21(27)25-17-7-10-19(22)20(23)12-17/h5-10,12,14-15H,3-4,11,13H2,1-2H3,(H2,24,25,27)/t14-,15-/m1/s1. The molecule has 27 heavy (non-hydrogen) atoms. The summed E-state index contributed by atoms with van der Waals surface area (Å²) in [5, 5.41) is 7.75. The third kappa shape index (κ3) is 5.59. The second-order valence-electron chi connectivity index (χ2n) is 7.23. The lowest BCUT2D eigenvalue weighted by molar-refractivity contribution is 0.447. The van der Waals surface area contributed by atoms with E-state index in [2.05, 4.69) is 69.6 Å². The molecule has 0 spiro atoms. The fraction of sp³-hybridized carbons (Fsp3) is 0.381. The molecule has 2 N–H and O–H groups in total. The summed E-state index contributed by atoms with van der Waals surface area (Å²) < 4.78 is 0.866. The first-order valence-corrected chi connectivity index (χ1v) is 10.9. The molecule has 3 rings (SSSR count). The van der Waals surface area contributed by atoms with Crippen molar-refractivity contribution in [3.05, 3.63) is 57.5 Å². The number of anilines is 2. The Bertz CT molecular complexity index is 797. The summed E-state index contributed by atoms with van der Waals surface area (Å²) in [5.74, 6) is 0.773. The number of nitrogens with zero attached hydrogens (tertiary/aromatic N) is 1. The Morgan fingerprint density at radius 3 is 2.67 bits per heavy atom. The largest absolute Gasteiger partial charge is 0.371 e. The molecule has 0 bridgehead atoms. The summed E-state index contributed by atoms with van der Waals surface area (Å²) in [5.41, 5.74) is 3.38. The van der Waals surface area contributed by atoms with Gasteiger partial charge in [-0.05, 0) is 89.7 Å². The van der Waals surface area contributed by atoms with Gasteiger partial charge in [0.15, 0.2) is 5.11 Å². The highest BCUT2D eigenvalue weighted by Crippen LogP contribution is 2.26. The van der Waals surface area contributed by atoms with E-state index in [1.54, 1.807) is 0 Å². The van der Waals surface area contributed by atoms with Crippen LogP contribution in [0.25, 0.3) is 0 Å². The molecule has 1 aliphatic heterocycles. The number of hydrogen-bond acceptors (Lipinski definition) is 2. The summed E-state index contributed by atoms with van der Waals surface area (Å²) in [6, 6.07) is 14.6. The molecular formula is C21H25BrClN3S. The van der Waals surface area contributed by atoms with Crippen molar-refractivity contribution >= 4 is 56.2 Å². The smallest absolute Gasteiger partial charge is 0.171 e. The zero-order chi connectivity index (χ0) is 19.4. The van der Waals surface area contributed by atoms with Crippen LogP contribution in [0.5, 0.6) is 0 Å². The minimum Gasteiger partial charge on any atom is -0.371 e. The second-order valence-corrected chi connectivity index (χ2v) is 8.90. The highest BCUT2D eigenvalue weighted by molar-refractivity contribution is 9.10. The van der Waals surface area contributed by atoms with E-state index in [4.69, 9.17) is 23.8 Å². The van der Waals surface area contributed by atoms with E-state index < -0.39 is 0 Å². The second kappa shape index (κ2) is 9.26. The molecule has 2 atom stereocenters. The summed E-state index contributed by atoms with van der Waals surface area (Å²) >= 11 is 15.0. The summed E-state index contributed by atoms with van der Waals surface area (Å²) in [6.07, 6.45) is 2.62. The molecule has 0 aromatic heterocycles. The molecule has 6 heteroatoms. The van der Waals surface area contributed by atoms with Gasteiger partial charge < -0.3 is 15.5 Å². The van der Waals surface area contributed by atoms with Gasteiger partial charge in [0.05, 0.1) is 11.1 Å². The van der Waals surface area contributed by atoms with Gasteiger partial charge in [0, 0.05) is 28.9 Å². The van der Waals surface area contributed by atoms with Gasteiger partial charge in [-0.2, -0.15) is 0 Å². The van der Waals surface area contributed by atoms with Crippen LogP contribution in [-0.2, 0) is 0 Å². The van der Waals surface area contributed by atoms with E-state index in [-0.39, 0.29) is 6.04 Å². The molecule has 0 amide bonds. The van der Waals surface area contributed by atoms with Crippen LogP contribution < -0.4 is 15.5 Å². The monoisotopic (exact) mass is 465 g/mol. The minimum absolute atomic E-state index is 0.116. The lowest BCUT2D eigenvalue weighted by Crippen LogP contribution is -2.34. The highest BCUT2D eigenvalue weighted by Gasteiger charge is 2.17. The predicted molar refractivity (Wildman–Crippen MR) is 124 cm³/mol. The zero-order valence-corrected chi connectivity index (χ0v) is 18.8. The van der Waals surface area contributed by atoms with Crippen molar-refractivity contribution < 1.29 is 0 Å². The van der Waals surface area contributed by atoms with Crippen LogP contribution in [0.15, 0.2) is 46.9 Å². The maximum Gasteiger partial charge on any atom is 0.171 e. The normalized spacial score (nSPS) is 18.1.